The first-order valence-corrected chi connectivity index (χ1v) is 12.3. The summed E-state index contributed by atoms with van der Waals surface area (Å²) in [5.41, 5.74) is 3.93. The summed E-state index contributed by atoms with van der Waals surface area (Å²) in [6, 6.07) is 20.3. The van der Waals surface area contributed by atoms with E-state index in [9.17, 15) is 9.59 Å². The zero-order valence-corrected chi connectivity index (χ0v) is 20.7. The summed E-state index contributed by atoms with van der Waals surface area (Å²) in [6.07, 6.45) is 3.05. The Bertz CT molecular complexity index is 1610. The monoisotopic (exact) mass is 494 g/mol. The van der Waals surface area contributed by atoms with Gasteiger partial charge in [-0.15, -0.1) is 0 Å². The Labute approximate surface area is 213 Å². The average Bonchev–Trinajstić information content (AvgIpc) is 3.70. The normalized spacial score (nSPS) is 15.5. The van der Waals surface area contributed by atoms with Crippen LogP contribution in [-0.2, 0) is 6.54 Å². The largest absolute Gasteiger partial charge is 0.361 e. The minimum atomic E-state index is -0.432. The fraction of sp³-hybridized carbons (Fsp3) is 0.241. The molecule has 0 saturated carbocycles. The molecule has 6 rings (SSSR count). The number of para-hydroxylation sites is 1. The molecular weight excluding hydrogens is 468 g/mol. The Morgan fingerprint density at radius 3 is 2.57 bits per heavy atom. The number of ketones is 1. The smallest absolute Gasteiger partial charge is 0.276 e. The molecule has 1 amide bonds. The zero-order valence-electron chi connectivity index (χ0n) is 20.7. The number of hydrogen-bond donors (Lipinski definition) is 0. The predicted molar refractivity (Wildman–Crippen MR) is 137 cm³/mol. The quantitative estimate of drug-likeness (QED) is 0.303. The highest BCUT2D eigenvalue weighted by molar-refractivity contribution is 6.14. The third-order valence-electron chi connectivity index (χ3n) is 7.08. The van der Waals surface area contributed by atoms with Gasteiger partial charge in [0.2, 0.25) is 5.78 Å². The summed E-state index contributed by atoms with van der Waals surface area (Å²) < 4.78 is 12.6. The number of nitrogens with zero attached hydrogens (tertiary/aromatic N) is 4. The topological polar surface area (TPSA) is 94.4 Å². The second-order valence-electron chi connectivity index (χ2n) is 9.57. The number of fused-ring (bicyclic) bond motifs is 1. The molecule has 0 bridgehead atoms. The van der Waals surface area contributed by atoms with Gasteiger partial charge < -0.3 is 18.5 Å². The van der Waals surface area contributed by atoms with E-state index in [4.69, 9.17) is 9.05 Å². The van der Waals surface area contributed by atoms with Crippen molar-refractivity contribution in [3.63, 3.8) is 0 Å². The van der Waals surface area contributed by atoms with Gasteiger partial charge in [-0.25, -0.2) is 0 Å². The molecule has 1 fully saturated rings. The number of hydrogen-bond acceptors (Lipinski definition) is 6. The molecule has 37 heavy (non-hydrogen) atoms. The van der Waals surface area contributed by atoms with Crippen LogP contribution in [0.4, 0.5) is 0 Å². The van der Waals surface area contributed by atoms with Gasteiger partial charge in [-0.3, -0.25) is 9.59 Å². The van der Waals surface area contributed by atoms with Gasteiger partial charge in [-0.05, 0) is 37.5 Å². The lowest BCUT2D eigenvalue weighted by molar-refractivity contribution is 0.0776. The van der Waals surface area contributed by atoms with Crippen LogP contribution in [0.2, 0.25) is 0 Å². The Morgan fingerprint density at radius 2 is 1.78 bits per heavy atom. The molecule has 3 aromatic heterocycles. The van der Waals surface area contributed by atoms with E-state index in [1.807, 2.05) is 6.07 Å². The van der Waals surface area contributed by atoms with Gasteiger partial charge in [0.15, 0.2) is 11.4 Å². The fourth-order valence-corrected chi connectivity index (χ4v) is 5.25. The van der Waals surface area contributed by atoms with Gasteiger partial charge in [0.25, 0.3) is 5.91 Å². The summed E-state index contributed by atoms with van der Waals surface area (Å²) in [4.78, 5) is 28.3. The number of aromatic nitrogens is 3. The molecule has 0 aliphatic carbocycles. The first kappa shape index (κ1) is 23.0. The van der Waals surface area contributed by atoms with Crippen LogP contribution < -0.4 is 0 Å². The van der Waals surface area contributed by atoms with E-state index in [0.717, 1.165) is 13.0 Å². The third-order valence-corrected chi connectivity index (χ3v) is 7.08. The number of benzene rings is 2. The highest BCUT2D eigenvalue weighted by Crippen LogP contribution is 2.35. The Hall–Kier alpha value is -4.46. The van der Waals surface area contributed by atoms with E-state index in [0.29, 0.717) is 18.8 Å². The molecule has 8 heteroatoms. The number of likely N-dealkylation sites (tertiary alicyclic amines) is 1. The van der Waals surface area contributed by atoms with Crippen molar-refractivity contribution >= 4 is 22.6 Å². The summed E-state index contributed by atoms with van der Waals surface area (Å²) in [5.74, 6) is 0.235. The maximum atomic E-state index is 13.5. The van der Waals surface area contributed by atoms with E-state index in [2.05, 4.69) is 69.6 Å². The lowest BCUT2D eigenvalue weighted by Gasteiger charge is -2.15. The Morgan fingerprint density at radius 1 is 1.00 bits per heavy atom. The van der Waals surface area contributed by atoms with Crippen LogP contribution in [0.3, 0.4) is 0 Å². The molecule has 4 heterocycles. The van der Waals surface area contributed by atoms with Crippen LogP contribution >= 0.6 is 0 Å². The fourth-order valence-electron chi connectivity index (χ4n) is 5.25. The second kappa shape index (κ2) is 9.20. The van der Waals surface area contributed by atoms with E-state index < -0.39 is 5.78 Å². The van der Waals surface area contributed by atoms with Crippen LogP contribution in [0, 0.1) is 13.8 Å². The van der Waals surface area contributed by atoms with Gasteiger partial charge in [-0.2, -0.15) is 0 Å². The summed E-state index contributed by atoms with van der Waals surface area (Å²) in [5, 5.41) is 8.97. The molecule has 186 valence electrons. The molecule has 1 atom stereocenters. The minimum absolute atomic E-state index is 0.0234. The lowest BCUT2D eigenvalue weighted by atomic mass is 9.98. The average molecular weight is 495 g/mol. The molecule has 0 spiro atoms. The predicted octanol–water partition coefficient (Wildman–Crippen LogP) is 5.14. The maximum Gasteiger partial charge on any atom is 0.276 e. The first-order chi connectivity index (χ1) is 18.0. The van der Waals surface area contributed by atoms with Crippen LogP contribution in [0.15, 0.2) is 75.9 Å². The molecule has 5 aromatic rings. The van der Waals surface area contributed by atoms with E-state index in [-0.39, 0.29) is 34.5 Å². The van der Waals surface area contributed by atoms with Crippen molar-refractivity contribution in [3.05, 3.63) is 106 Å². The van der Waals surface area contributed by atoms with E-state index in [1.165, 1.54) is 22.0 Å². The van der Waals surface area contributed by atoms with Gasteiger partial charge in [-0.1, -0.05) is 58.8 Å². The molecule has 1 saturated heterocycles. The number of carbonyl (C=O) groups is 2. The van der Waals surface area contributed by atoms with Crippen molar-refractivity contribution in [1.29, 1.82) is 0 Å². The Kier molecular flexibility index (Phi) is 5.71. The molecule has 0 N–H and O–H groups in total. The molecule has 1 unspecified atom stereocenters. The number of carbonyl (C=O) groups excluding carboxylic acids is 2. The van der Waals surface area contributed by atoms with Crippen molar-refractivity contribution in [2.75, 3.05) is 13.1 Å². The summed E-state index contributed by atoms with van der Waals surface area (Å²) in [6.45, 7) is 5.23. The number of amides is 1. The lowest BCUT2D eigenvalue weighted by Crippen LogP contribution is -2.30. The molecular formula is C29H26N4O4. The molecule has 2 aromatic carbocycles. The van der Waals surface area contributed by atoms with Crippen LogP contribution in [-0.4, -0.2) is 44.6 Å². The van der Waals surface area contributed by atoms with Crippen molar-refractivity contribution in [2.45, 2.75) is 32.7 Å². The van der Waals surface area contributed by atoms with Gasteiger partial charge in [0.1, 0.15) is 11.5 Å². The van der Waals surface area contributed by atoms with Gasteiger partial charge in [0, 0.05) is 48.7 Å². The molecule has 1 aliphatic heterocycles. The van der Waals surface area contributed by atoms with Crippen molar-refractivity contribution < 1.29 is 18.6 Å². The standard InChI is InChI=1S/C29H26N4O4/c1-18-14-24(30-36-18)28(34)26-19(2)37-31-27(26)29(35)32-13-12-21(16-32)23-17-33(15-20-8-4-3-5-9-20)25-11-7-6-10-22(23)25/h3-11,14,17,21H,12-13,15-16H2,1-2H3. The van der Waals surface area contributed by atoms with E-state index in [1.54, 1.807) is 24.8 Å². The van der Waals surface area contributed by atoms with Crippen molar-refractivity contribution in [2.24, 2.45) is 0 Å². The van der Waals surface area contributed by atoms with Crippen LogP contribution in [0.5, 0.6) is 0 Å². The second-order valence-corrected chi connectivity index (χ2v) is 9.57. The van der Waals surface area contributed by atoms with Crippen LogP contribution in [0.1, 0.15) is 61.5 Å². The highest BCUT2D eigenvalue weighted by atomic mass is 16.5. The Balaban J connectivity index is 1.26. The van der Waals surface area contributed by atoms with Crippen molar-refractivity contribution in [3.8, 4) is 0 Å². The molecule has 8 nitrogen and oxygen atoms in total. The third kappa shape index (κ3) is 4.14. The van der Waals surface area contributed by atoms with Gasteiger partial charge >= 0.3 is 0 Å². The van der Waals surface area contributed by atoms with E-state index >= 15 is 0 Å². The number of aryl methyl sites for hydroxylation is 2. The minimum Gasteiger partial charge on any atom is -0.361 e. The molecule has 0 radical (unpaired) electrons. The number of rotatable bonds is 6. The SMILES string of the molecule is Cc1cc(C(=O)c2c(C(=O)N3CCC(c4cn(Cc5ccccc5)c5ccccc45)C3)noc2C)no1. The first-order valence-electron chi connectivity index (χ1n) is 12.3. The maximum absolute atomic E-state index is 13.5. The van der Waals surface area contributed by atoms with Crippen LogP contribution in [0.25, 0.3) is 10.9 Å². The summed E-state index contributed by atoms with van der Waals surface area (Å²) in [7, 11) is 0. The highest BCUT2D eigenvalue weighted by Gasteiger charge is 2.35. The van der Waals surface area contributed by atoms with Crippen molar-refractivity contribution in [1.82, 2.24) is 19.8 Å². The molecule has 1 aliphatic rings. The van der Waals surface area contributed by atoms with Gasteiger partial charge in [0.05, 0.1) is 5.56 Å². The zero-order chi connectivity index (χ0) is 25.5. The summed E-state index contributed by atoms with van der Waals surface area (Å²) >= 11 is 0.